The highest BCUT2D eigenvalue weighted by Crippen LogP contribution is 2.15. The number of nitrogens with zero attached hydrogens (tertiary/aromatic N) is 1. The lowest BCUT2D eigenvalue weighted by Gasteiger charge is -2.15. The fraction of sp³-hybridized carbons (Fsp3) is 0.375. The molecule has 0 unspecified atom stereocenters. The number of likely N-dealkylation sites (tertiary alicyclic amines) is 1. The van der Waals surface area contributed by atoms with Gasteiger partial charge in [-0.25, -0.2) is 0 Å². The van der Waals surface area contributed by atoms with Gasteiger partial charge in [0.15, 0.2) is 0 Å². The molecule has 0 spiro atoms. The molecule has 110 valence electrons. The minimum absolute atomic E-state index is 0.0498. The van der Waals surface area contributed by atoms with Crippen LogP contribution in [0, 0.1) is 18.8 Å². The summed E-state index contributed by atoms with van der Waals surface area (Å²) in [5, 5.41) is 2.81. The Hall–Kier alpha value is -2.32. The van der Waals surface area contributed by atoms with Crippen molar-refractivity contribution in [2.75, 3.05) is 25.0 Å². The molecule has 1 aromatic rings. The van der Waals surface area contributed by atoms with Crippen LogP contribution < -0.4 is 11.1 Å². The number of nitrogens with two attached hydrogens (primary N) is 1. The van der Waals surface area contributed by atoms with Gasteiger partial charge < -0.3 is 16.0 Å². The average molecular weight is 285 g/mol. The molecule has 2 rings (SSSR count). The van der Waals surface area contributed by atoms with Gasteiger partial charge in [-0.2, -0.15) is 0 Å². The van der Waals surface area contributed by atoms with Crippen molar-refractivity contribution in [2.24, 2.45) is 5.73 Å². The fourth-order valence-electron chi connectivity index (χ4n) is 2.27. The quantitative estimate of drug-likeness (QED) is 0.809. The largest absolute Gasteiger partial charge is 0.333 e. The van der Waals surface area contributed by atoms with Crippen molar-refractivity contribution in [2.45, 2.75) is 19.8 Å². The third kappa shape index (κ3) is 4.07. The molecular weight excluding hydrogens is 266 g/mol. The second kappa shape index (κ2) is 6.91. The number of hydrogen-bond acceptors (Lipinski definition) is 3. The second-order valence-electron chi connectivity index (χ2n) is 5.00. The van der Waals surface area contributed by atoms with Crippen molar-refractivity contribution in [1.82, 2.24) is 4.90 Å². The van der Waals surface area contributed by atoms with Gasteiger partial charge in [0.2, 0.25) is 11.8 Å². The van der Waals surface area contributed by atoms with Crippen LogP contribution in [0.5, 0.6) is 0 Å². The first-order valence-corrected chi connectivity index (χ1v) is 6.97. The van der Waals surface area contributed by atoms with Gasteiger partial charge in [-0.15, -0.1) is 0 Å². The highest BCUT2D eigenvalue weighted by atomic mass is 16.2. The minimum Gasteiger partial charge on any atom is -0.333 e. The lowest BCUT2D eigenvalue weighted by atomic mass is 10.1. The highest BCUT2D eigenvalue weighted by Gasteiger charge is 2.22. The van der Waals surface area contributed by atoms with Crippen LogP contribution in [0.25, 0.3) is 0 Å². The summed E-state index contributed by atoms with van der Waals surface area (Å²) >= 11 is 0. The van der Waals surface area contributed by atoms with Crippen LogP contribution in [0.4, 0.5) is 5.69 Å². The molecule has 5 heteroatoms. The predicted molar refractivity (Wildman–Crippen MR) is 81.6 cm³/mol. The lowest BCUT2D eigenvalue weighted by Crippen LogP contribution is -2.33. The number of amides is 2. The molecule has 0 aliphatic carbocycles. The molecule has 0 aromatic heterocycles. The van der Waals surface area contributed by atoms with Crippen LogP contribution >= 0.6 is 0 Å². The third-order valence-electron chi connectivity index (χ3n) is 3.34. The molecular formula is C16H19N3O2. The summed E-state index contributed by atoms with van der Waals surface area (Å²) in [4.78, 5) is 25.0. The van der Waals surface area contributed by atoms with Gasteiger partial charge in [0.1, 0.15) is 0 Å². The van der Waals surface area contributed by atoms with E-state index in [1.807, 2.05) is 19.1 Å². The monoisotopic (exact) mass is 285 g/mol. The van der Waals surface area contributed by atoms with Crippen molar-refractivity contribution in [1.29, 1.82) is 0 Å². The number of anilines is 1. The van der Waals surface area contributed by atoms with E-state index >= 15 is 0 Å². The smallest absolute Gasteiger partial charge is 0.243 e. The first-order valence-electron chi connectivity index (χ1n) is 6.97. The number of rotatable bonds is 3. The standard InChI is InChI=1S/C16H19N3O2/c1-12-10-14(7-6-13(12)4-2-8-17)18-15(20)11-19-9-3-5-16(19)21/h6-7,10H,3,5,8-9,11,17H2,1H3,(H,18,20). The molecule has 1 aliphatic heterocycles. The maximum Gasteiger partial charge on any atom is 0.243 e. The van der Waals surface area contributed by atoms with E-state index in [1.54, 1.807) is 11.0 Å². The van der Waals surface area contributed by atoms with Crippen molar-refractivity contribution >= 4 is 17.5 Å². The molecule has 5 nitrogen and oxygen atoms in total. The minimum atomic E-state index is -0.176. The zero-order valence-corrected chi connectivity index (χ0v) is 12.1. The summed E-state index contributed by atoms with van der Waals surface area (Å²) < 4.78 is 0. The van der Waals surface area contributed by atoms with Gasteiger partial charge >= 0.3 is 0 Å². The summed E-state index contributed by atoms with van der Waals surface area (Å²) in [6.45, 7) is 3.04. The first kappa shape index (κ1) is 15.1. The molecule has 2 amide bonds. The Morgan fingerprint density at radius 2 is 2.29 bits per heavy atom. The van der Waals surface area contributed by atoms with Gasteiger partial charge in [0, 0.05) is 24.2 Å². The Bertz CT molecular complexity index is 614. The molecule has 1 saturated heterocycles. The summed E-state index contributed by atoms with van der Waals surface area (Å²) in [5.74, 6) is 5.66. The zero-order chi connectivity index (χ0) is 15.2. The Balaban J connectivity index is 1.98. The fourth-order valence-corrected chi connectivity index (χ4v) is 2.27. The summed E-state index contributed by atoms with van der Waals surface area (Å²) in [6, 6.07) is 5.52. The van der Waals surface area contributed by atoms with E-state index in [1.165, 1.54) is 0 Å². The number of benzene rings is 1. The Morgan fingerprint density at radius 1 is 1.48 bits per heavy atom. The highest BCUT2D eigenvalue weighted by molar-refractivity contribution is 5.95. The molecule has 1 aromatic carbocycles. The summed E-state index contributed by atoms with van der Waals surface area (Å²) in [7, 11) is 0. The van der Waals surface area contributed by atoms with E-state index in [9.17, 15) is 9.59 Å². The number of carbonyl (C=O) groups excluding carboxylic acids is 2. The van der Waals surface area contributed by atoms with E-state index in [4.69, 9.17) is 5.73 Å². The number of nitrogens with one attached hydrogen (secondary N) is 1. The SMILES string of the molecule is Cc1cc(NC(=O)CN2CCCC2=O)ccc1C#CCN. The topological polar surface area (TPSA) is 75.4 Å². The van der Waals surface area contributed by atoms with Crippen molar-refractivity contribution in [3.05, 3.63) is 29.3 Å². The number of aryl methyl sites for hydroxylation is 1. The van der Waals surface area contributed by atoms with Gasteiger partial charge in [-0.3, -0.25) is 9.59 Å². The van der Waals surface area contributed by atoms with E-state index in [0.29, 0.717) is 25.2 Å². The molecule has 0 atom stereocenters. The summed E-state index contributed by atoms with van der Waals surface area (Å²) in [5.41, 5.74) is 7.93. The van der Waals surface area contributed by atoms with Gasteiger partial charge in [-0.1, -0.05) is 11.8 Å². The van der Waals surface area contributed by atoms with E-state index in [0.717, 1.165) is 17.5 Å². The molecule has 1 fully saturated rings. The van der Waals surface area contributed by atoms with E-state index in [-0.39, 0.29) is 18.4 Å². The van der Waals surface area contributed by atoms with Crippen LogP contribution in [-0.4, -0.2) is 36.3 Å². The van der Waals surface area contributed by atoms with Gasteiger partial charge in [0.05, 0.1) is 13.1 Å². The van der Waals surface area contributed by atoms with Gasteiger partial charge in [-0.05, 0) is 37.1 Å². The summed E-state index contributed by atoms with van der Waals surface area (Å²) in [6.07, 6.45) is 1.38. The molecule has 1 aliphatic rings. The number of carbonyl (C=O) groups is 2. The van der Waals surface area contributed by atoms with Crippen LogP contribution in [0.1, 0.15) is 24.0 Å². The normalized spacial score (nSPS) is 13.8. The zero-order valence-electron chi connectivity index (χ0n) is 12.1. The van der Waals surface area contributed by atoms with Crippen molar-refractivity contribution < 1.29 is 9.59 Å². The van der Waals surface area contributed by atoms with Gasteiger partial charge in [0.25, 0.3) is 0 Å². The molecule has 0 bridgehead atoms. The van der Waals surface area contributed by atoms with E-state index < -0.39 is 0 Å². The van der Waals surface area contributed by atoms with Crippen molar-refractivity contribution in [3.8, 4) is 11.8 Å². The Morgan fingerprint density at radius 3 is 2.90 bits per heavy atom. The maximum atomic E-state index is 11.9. The van der Waals surface area contributed by atoms with Crippen LogP contribution in [0.15, 0.2) is 18.2 Å². The lowest BCUT2D eigenvalue weighted by molar-refractivity contribution is -0.131. The second-order valence-corrected chi connectivity index (χ2v) is 5.00. The molecule has 3 N–H and O–H groups in total. The van der Waals surface area contributed by atoms with Crippen molar-refractivity contribution in [3.63, 3.8) is 0 Å². The van der Waals surface area contributed by atoms with Crippen LogP contribution in [-0.2, 0) is 9.59 Å². The molecule has 1 heterocycles. The third-order valence-corrected chi connectivity index (χ3v) is 3.34. The molecule has 21 heavy (non-hydrogen) atoms. The Kier molecular flexibility index (Phi) is 4.96. The van der Waals surface area contributed by atoms with Crippen LogP contribution in [0.3, 0.4) is 0 Å². The Labute approximate surface area is 124 Å². The maximum absolute atomic E-state index is 11.9. The number of hydrogen-bond donors (Lipinski definition) is 2. The molecule has 0 radical (unpaired) electrons. The van der Waals surface area contributed by atoms with E-state index in [2.05, 4.69) is 17.2 Å². The predicted octanol–water partition coefficient (Wildman–Crippen LogP) is 0.866. The first-order chi connectivity index (χ1) is 10.1. The van der Waals surface area contributed by atoms with Crippen LogP contribution in [0.2, 0.25) is 0 Å². The average Bonchev–Trinajstić information content (AvgIpc) is 2.83. The molecule has 0 saturated carbocycles.